The zero-order valence-corrected chi connectivity index (χ0v) is 14.7. The number of rotatable bonds is 8. The second-order valence-electron chi connectivity index (χ2n) is 5.94. The van der Waals surface area contributed by atoms with Crippen LogP contribution in [0, 0.1) is 5.92 Å². The van der Waals surface area contributed by atoms with Gasteiger partial charge >= 0.3 is 0 Å². The van der Waals surface area contributed by atoms with Gasteiger partial charge in [-0.2, -0.15) is 0 Å². The number of benzene rings is 1. The van der Waals surface area contributed by atoms with Crippen molar-refractivity contribution in [2.45, 2.75) is 45.1 Å². The molecule has 3 nitrogen and oxygen atoms in total. The number of aliphatic hydroxyl groups excluding tert-OH is 1. The predicted octanol–water partition coefficient (Wildman–Crippen LogP) is 3.88. The van der Waals surface area contributed by atoms with E-state index in [0.29, 0.717) is 18.5 Å². The Morgan fingerprint density at radius 1 is 1.32 bits per heavy atom. The van der Waals surface area contributed by atoms with Crippen LogP contribution in [0.1, 0.15) is 44.5 Å². The minimum Gasteiger partial charge on any atom is -0.393 e. The predicted molar refractivity (Wildman–Crippen MR) is 94.4 cm³/mol. The lowest BCUT2D eigenvalue weighted by Crippen LogP contribution is -2.29. The van der Waals surface area contributed by atoms with Crippen molar-refractivity contribution in [3.63, 3.8) is 0 Å². The molecule has 0 aliphatic rings. The first-order valence-electron chi connectivity index (χ1n) is 7.73. The maximum Gasteiger partial charge on any atom is 0.252 e. The van der Waals surface area contributed by atoms with Gasteiger partial charge in [0.25, 0.3) is 5.91 Å². The monoisotopic (exact) mass is 321 g/mol. The normalized spacial score (nSPS) is 12.1. The number of hydrogen-bond acceptors (Lipinski definition) is 3. The van der Waals surface area contributed by atoms with E-state index in [0.717, 1.165) is 10.6 Å². The van der Waals surface area contributed by atoms with Crippen LogP contribution in [0.2, 0.25) is 0 Å². The Morgan fingerprint density at radius 3 is 2.64 bits per heavy atom. The van der Waals surface area contributed by atoms with Crippen LogP contribution in [0.4, 0.5) is 0 Å². The number of allylic oxidation sites excluding steroid dienone is 1. The Hall–Kier alpha value is -1.26. The van der Waals surface area contributed by atoms with Gasteiger partial charge in [0, 0.05) is 17.2 Å². The molecule has 0 aliphatic heterocycles. The van der Waals surface area contributed by atoms with Gasteiger partial charge in [-0.3, -0.25) is 4.79 Å². The number of hydrogen-bond donors (Lipinski definition) is 2. The first-order valence-corrected chi connectivity index (χ1v) is 8.71. The van der Waals surface area contributed by atoms with Crippen LogP contribution in [0.3, 0.4) is 0 Å². The summed E-state index contributed by atoms with van der Waals surface area (Å²) in [5.74, 6) is 0.999. The summed E-state index contributed by atoms with van der Waals surface area (Å²) in [4.78, 5) is 13.3. The van der Waals surface area contributed by atoms with Gasteiger partial charge in [0.2, 0.25) is 0 Å². The highest BCUT2D eigenvalue weighted by atomic mass is 32.2. The number of aliphatic hydroxyl groups is 1. The summed E-state index contributed by atoms with van der Waals surface area (Å²) in [5, 5.41) is 12.7. The zero-order chi connectivity index (χ0) is 16.5. The lowest BCUT2D eigenvalue weighted by molar-refractivity contribution is 0.0917. The first-order chi connectivity index (χ1) is 10.4. The summed E-state index contributed by atoms with van der Waals surface area (Å²) in [6.07, 6.45) is 2.36. The van der Waals surface area contributed by atoms with Crippen LogP contribution in [0.5, 0.6) is 0 Å². The molecular weight excluding hydrogens is 294 g/mol. The van der Waals surface area contributed by atoms with Crippen molar-refractivity contribution in [1.29, 1.82) is 0 Å². The molecule has 0 saturated carbocycles. The fourth-order valence-corrected chi connectivity index (χ4v) is 2.93. The number of amides is 1. The quantitative estimate of drug-likeness (QED) is 0.564. The standard InChI is InChI=1S/C18H27NO2S/c1-13(2)10-12-22-17-8-6-5-7-15(17)18(21)19-11-9-16(20)14(3)4/h5-8,10,14,16,20H,9,11-12H2,1-4H3,(H,19,21). The highest BCUT2D eigenvalue weighted by Gasteiger charge is 2.13. The zero-order valence-electron chi connectivity index (χ0n) is 13.9. The van der Waals surface area contributed by atoms with E-state index >= 15 is 0 Å². The van der Waals surface area contributed by atoms with Crippen LogP contribution in [0.25, 0.3) is 0 Å². The molecule has 2 N–H and O–H groups in total. The van der Waals surface area contributed by atoms with Crippen LogP contribution in [0.15, 0.2) is 40.8 Å². The number of nitrogens with one attached hydrogen (secondary N) is 1. The molecule has 0 radical (unpaired) electrons. The Kier molecular flexibility index (Phi) is 8.28. The molecule has 0 aliphatic carbocycles. The van der Waals surface area contributed by atoms with Gasteiger partial charge in [0.05, 0.1) is 11.7 Å². The van der Waals surface area contributed by atoms with E-state index in [1.54, 1.807) is 11.8 Å². The van der Waals surface area contributed by atoms with Gasteiger partial charge in [0.15, 0.2) is 0 Å². The molecule has 0 saturated heterocycles. The molecule has 0 fully saturated rings. The summed E-state index contributed by atoms with van der Waals surface area (Å²) < 4.78 is 0. The molecule has 1 rings (SSSR count). The van der Waals surface area contributed by atoms with Crippen molar-refractivity contribution in [3.05, 3.63) is 41.5 Å². The largest absolute Gasteiger partial charge is 0.393 e. The molecule has 122 valence electrons. The number of carbonyl (C=O) groups excluding carboxylic acids is 1. The number of thioether (sulfide) groups is 1. The SMILES string of the molecule is CC(C)=CCSc1ccccc1C(=O)NCCC(O)C(C)C. The molecule has 0 heterocycles. The lowest BCUT2D eigenvalue weighted by atomic mass is 10.0. The van der Waals surface area contributed by atoms with Gasteiger partial charge in [0.1, 0.15) is 0 Å². The van der Waals surface area contributed by atoms with Crippen LogP contribution in [-0.2, 0) is 0 Å². The van der Waals surface area contributed by atoms with Crippen LogP contribution in [-0.4, -0.2) is 29.4 Å². The van der Waals surface area contributed by atoms with E-state index in [-0.39, 0.29) is 17.9 Å². The Morgan fingerprint density at radius 2 is 2.00 bits per heavy atom. The van der Waals surface area contributed by atoms with Gasteiger partial charge in [-0.15, -0.1) is 11.8 Å². The van der Waals surface area contributed by atoms with Crippen molar-refractivity contribution in [1.82, 2.24) is 5.32 Å². The molecule has 0 spiro atoms. The van der Waals surface area contributed by atoms with Crippen molar-refractivity contribution < 1.29 is 9.90 Å². The molecular formula is C18H27NO2S. The van der Waals surface area contributed by atoms with E-state index in [1.807, 2.05) is 38.1 Å². The van der Waals surface area contributed by atoms with E-state index in [9.17, 15) is 9.90 Å². The van der Waals surface area contributed by atoms with Crippen molar-refractivity contribution in [3.8, 4) is 0 Å². The van der Waals surface area contributed by atoms with E-state index in [2.05, 4.69) is 25.2 Å². The van der Waals surface area contributed by atoms with Gasteiger partial charge in [-0.1, -0.05) is 37.6 Å². The highest BCUT2D eigenvalue weighted by Crippen LogP contribution is 2.23. The average Bonchev–Trinajstić information content (AvgIpc) is 2.47. The van der Waals surface area contributed by atoms with Crippen molar-refractivity contribution in [2.24, 2.45) is 5.92 Å². The molecule has 1 atom stereocenters. The summed E-state index contributed by atoms with van der Waals surface area (Å²) in [6, 6.07) is 7.65. The Bertz CT molecular complexity index is 508. The molecule has 0 bridgehead atoms. The molecule has 0 aromatic heterocycles. The van der Waals surface area contributed by atoms with Crippen molar-refractivity contribution in [2.75, 3.05) is 12.3 Å². The van der Waals surface area contributed by atoms with Gasteiger partial charge in [-0.25, -0.2) is 0 Å². The Labute approximate surface area is 138 Å². The van der Waals surface area contributed by atoms with Gasteiger partial charge in [-0.05, 0) is 38.3 Å². The maximum atomic E-state index is 12.3. The topological polar surface area (TPSA) is 49.3 Å². The highest BCUT2D eigenvalue weighted by molar-refractivity contribution is 7.99. The summed E-state index contributed by atoms with van der Waals surface area (Å²) in [5.41, 5.74) is 1.98. The first kappa shape index (κ1) is 18.8. The molecule has 1 amide bonds. The van der Waals surface area contributed by atoms with Crippen molar-refractivity contribution >= 4 is 17.7 Å². The second kappa shape index (κ2) is 9.70. The third kappa shape index (κ3) is 6.67. The van der Waals surface area contributed by atoms with Gasteiger partial charge < -0.3 is 10.4 Å². The third-order valence-corrected chi connectivity index (χ3v) is 4.36. The minimum absolute atomic E-state index is 0.0729. The summed E-state index contributed by atoms with van der Waals surface area (Å²) in [7, 11) is 0. The maximum absolute atomic E-state index is 12.3. The Balaban J connectivity index is 2.59. The number of carbonyl (C=O) groups is 1. The fraction of sp³-hybridized carbons (Fsp3) is 0.500. The summed E-state index contributed by atoms with van der Waals surface area (Å²) in [6.45, 7) is 8.58. The molecule has 4 heteroatoms. The fourth-order valence-electron chi connectivity index (χ4n) is 1.84. The van der Waals surface area contributed by atoms with E-state index < -0.39 is 0 Å². The molecule has 22 heavy (non-hydrogen) atoms. The van der Waals surface area contributed by atoms with Crippen LogP contribution < -0.4 is 5.32 Å². The molecule has 1 unspecified atom stereocenters. The second-order valence-corrected chi connectivity index (χ2v) is 7.01. The smallest absolute Gasteiger partial charge is 0.252 e. The summed E-state index contributed by atoms with van der Waals surface area (Å²) >= 11 is 1.66. The average molecular weight is 321 g/mol. The van der Waals surface area contributed by atoms with Crippen LogP contribution >= 0.6 is 11.8 Å². The lowest BCUT2D eigenvalue weighted by Gasteiger charge is -2.15. The van der Waals surface area contributed by atoms with E-state index in [4.69, 9.17) is 0 Å². The molecule has 1 aromatic rings. The minimum atomic E-state index is -0.373. The van der Waals surface area contributed by atoms with E-state index in [1.165, 1.54) is 5.57 Å². The third-order valence-electron chi connectivity index (χ3n) is 3.36. The molecule has 1 aromatic carbocycles.